The predicted octanol–water partition coefficient (Wildman–Crippen LogP) is 1.78. The number of hydrogen-bond acceptors (Lipinski definition) is 3. The van der Waals surface area contributed by atoms with E-state index in [2.05, 4.69) is 22.1 Å². The average molecular weight is 269 g/mol. The summed E-state index contributed by atoms with van der Waals surface area (Å²) in [4.78, 5) is 15.8. The fourth-order valence-electron chi connectivity index (χ4n) is 1.55. The van der Waals surface area contributed by atoms with Crippen molar-refractivity contribution in [2.45, 2.75) is 0 Å². The summed E-state index contributed by atoms with van der Waals surface area (Å²) in [6, 6.07) is 7.49. The van der Waals surface area contributed by atoms with Gasteiger partial charge in [0.25, 0.3) is 5.91 Å². The summed E-state index contributed by atoms with van der Waals surface area (Å²) < 4.78 is 13.5. The molecule has 4 nitrogen and oxygen atoms in total. The van der Waals surface area contributed by atoms with Gasteiger partial charge in [-0.1, -0.05) is 11.8 Å². The van der Waals surface area contributed by atoms with Crippen LogP contribution in [-0.2, 0) is 0 Å². The first-order valence-corrected chi connectivity index (χ1v) is 5.90. The molecule has 20 heavy (non-hydrogen) atoms. The van der Waals surface area contributed by atoms with E-state index in [0.29, 0.717) is 11.3 Å². The van der Waals surface area contributed by atoms with E-state index in [9.17, 15) is 9.18 Å². The third-order valence-electron chi connectivity index (χ3n) is 2.47. The first-order chi connectivity index (χ1) is 9.70. The van der Waals surface area contributed by atoms with Crippen molar-refractivity contribution < 1.29 is 9.18 Å². The number of benzene rings is 1. The van der Waals surface area contributed by atoms with Crippen LogP contribution in [0.4, 0.5) is 10.1 Å². The number of nitrogens with one attached hydrogen (secondary N) is 1. The molecule has 1 aromatic heterocycles. The SMILES string of the molecule is NCC#Cc1cc(NC(=O)c2cccnc2)ccc1F. The predicted molar refractivity (Wildman–Crippen MR) is 74.5 cm³/mol. The van der Waals surface area contributed by atoms with Gasteiger partial charge in [0.1, 0.15) is 5.82 Å². The van der Waals surface area contributed by atoms with Crippen molar-refractivity contribution in [3.63, 3.8) is 0 Å². The number of carbonyl (C=O) groups excluding carboxylic acids is 1. The topological polar surface area (TPSA) is 68.0 Å². The number of anilines is 1. The summed E-state index contributed by atoms with van der Waals surface area (Å²) in [6.45, 7) is 0.145. The first kappa shape index (κ1) is 13.7. The first-order valence-electron chi connectivity index (χ1n) is 5.90. The van der Waals surface area contributed by atoms with Gasteiger partial charge < -0.3 is 11.1 Å². The minimum atomic E-state index is -0.453. The van der Waals surface area contributed by atoms with Crippen LogP contribution < -0.4 is 11.1 Å². The Bertz CT molecular complexity index is 675. The van der Waals surface area contributed by atoms with Crippen LogP contribution in [0.3, 0.4) is 0 Å². The molecule has 0 saturated heterocycles. The molecule has 0 aliphatic carbocycles. The Balaban J connectivity index is 2.20. The lowest BCUT2D eigenvalue weighted by Gasteiger charge is -2.05. The van der Waals surface area contributed by atoms with Gasteiger partial charge in [0, 0.05) is 18.1 Å². The highest BCUT2D eigenvalue weighted by atomic mass is 19.1. The van der Waals surface area contributed by atoms with Crippen LogP contribution in [0.5, 0.6) is 0 Å². The molecule has 0 bridgehead atoms. The van der Waals surface area contributed by atoms with E-state index in [0.717, 1.165) is 0 Å². The van der Waals surface area contributed by atoms with Crippen molar-refractivity contribution in [3.05, 3.63) is 59.7 Å². The molecule has 2 aromatic rings. The standard InChI is InChI=1S/C15H12FN3O/c16-14-6-5-13(9-11(14)3-1-7-17)19-15(20)12-4-2-8-18-10-12/h2,4-6,8-10H,7,17H2,(H,19,20). The lowest BCUT2D eigenvalue weighted by atomic mass is 10.2. The molecule has 1 amide bonds. The molecule has 0 atom stereocenters. The number of hydrogen-bond donors (Lipinski definition) is 2. The number of rotatable bonds is 2. The summed E-state index contributed by atoms with van der Waals surface area (Å²) in [5.74, 6) is 4.41. The molecule has 1 heterocycles. The number of halogens is 1. The molecule has 0 aliphatic heterocycles. The lowest BCUT2D eigenvalue weighted by Crippen LogP contribution is -2.12. The third kappa shape index (κ3) is 3.40. The highest BCUT2D eigenvalue weighted by molar-refractivity contribution is 6.04. The Hall–Kier alpha value is -2.71. The smallest absolute Gasteiger partial charge is 0.257 e. The zero-order valence-corrected chi connectivity index (χ0v) is 10.6. The lowest BCUT2D eigenvalue weighted by molar-refractivity contribution is 0.102. The van der Waals surface area contributed by atoms with Crippen molar-refractivity contribution in [2.75, 3.05) is 11.9 Å². The molecule has 0 saturated carbocycles. The maximum Gasteiger partial charge on any atom is 0.257 e. The largest absolute Gasteiger partial charge is 0.322 e. The second-order valence-corrected chi connectivity index (χ2v) is 3.90. The molecule has 100 valence electrons. The number of aromatic nitrogens is 1. The van der Waals surface area contributed by atoms with Gasteiger partial charge in [0.2, 0.25) is 0 Å². The van der Waals surface area contributed by atoms with Crippen molar-refractivity contribution >= 4 is 11.6 Å². The van der Waals surface area contributed by atoms with Gasteiger partial charge in [-0.25, -0.2) is 4.39 Å². The molecule has 0 aliphatic rings. The normalized spacial score (nSPS) is 9.50. The molecule has 5 heteroatoms. The fourth-order valence-corrected chi connectivity index (χ4v) is 1.55. The second-order valence-electron chi connectivity index (χ2n) is 3.90. The van der Waals surface area contributed by atoms with E-state index in [1.165, 1.54) is 24.4 Å². The summed E-state index contributed by atoms with van der Waals surface area (Å²) in [7, 11) is 0. The maximum atomic E-state index is 13.5. The second kappa shape index (κ2) is 6.45. The highest BCUT2D eigenvalue weighted by Gasteiger charge is 2.07. The van der Waals surface area contributed by atoms with Crippen molar-refractivity contribution in [2.24, 2.45) is 5.73 Å². The molecular weight excluding hydrogens is 257 g/mol. The average Bonchev–Trinajstić information content (AvgIpc) is 2.48. The van der Waals surface area contributed by atoms with Gasteiger partial charge in [-0.15, -0.1) is 0 Å². The van der Waals surface area contributed by atoms with Crippen LogP contribution in [0.15, 0.2) is 42.7 Å². The number of carbonyl (C=O) groups is 1. The van der Waals surface area contributed by atoms with Gasteiger partial charge in [0.05, 0.1) is 17.7 Å². The molecule has 0 unspecified atom stereocenters. The summed E-state index contributed by atoms with van der Waals surface area (Å²) in [5, 5.41) is 2.66. The van der Waals surface area contributed by atoms with Gasteiger partial charge >= 0.3 is 0 Å². The number of nitrogens with zero attached hydrogens (tertiary/aromatic N) is 1. The monoisotopic (exact) mass is 269 g/mol. The van der Waals surface area contributed by atoms with Crippen molar-refractivity contribution in [1.29, 1.82) is 0 Å². The minimum Gasteiger partial charge on any atom is -0.322 e. The van der Waals surface area contributed by atoms with E-state index in [1.54, 1.807) is 18.3 Å². The summed E-state index contributed by atoms with van der Waals surface area (Å²) in [5.41, 5.74) is 6.32. The molecule has 0 fully saturated rings. The molecular formula is C15H12FN3O. The zero-order valence-electron chi connectivity index (χ0n) is 10.6. The number of pyridine rings is 1. The Morgan fingerprint density at radius 1 is 1.40 bits per heavy atom. The van der Waals surface area contributed by atoms with Crippen LogP contribution in [0.2, 0.25) is 0 Å². The zero-order chi connectivity index (χ0) is 14.4. The van der Waals surface area contributed by atoms with Crippen LogP contribution in [-0.4, -0.2) is 17.4 Å². The third-order valence-corrected chi connectivity index (χ3v) is 2.47. The Morgan fingerprint density at radius 3 is 2.95 bits per heavy atom. The van der Waals surface area contributed by atoms with Gasteiger partial charge in [-0.05, 0) is 30.3 Å². The van der Waals surface area contributed by atoms with E-state index < -0.39 is 5.82 Å². The van der Waals surface area contributed by atoms with Gasteiger partial charge in [0.15, 0.2) is 0 Å². The molecule has 0 spiro atoms. The van der Waals surface area contributed by atoms with Crippen LogP contribution in [0, 0.1) is 17.7 Å². The number of nitrogens with two attached hydrogens (primary N) is 1. The summed E-state index contributed by atoms with van der Waals surface area (Å²) >= 11 is 0. The van der Waals surface area contributed by atoms with E-state index in [-0.39, 0.29) is 18.0 Å². The molecule has 2 rings (SSSR count). The summed E-state index contributed by atoms with van der Waals surface area (Å²) in [6.07, 6.45) is 3.03. The van der Waals surface area contributed by atoms with E-state index in [1.807, 2.05) is 0 Å². The van der Waals surface area contributed by atoms with Crippen LogP contribution in [0.1, 0.15) is 15.9 Å². The minimum absolute atomic E-state index is 0.145. The molecule has 3 N–H and O–H groups in total. The van der Waals surface area contributed by atoms with Crippen molar-refractivity contribution in [3.8, 4) is 11.8 Å². The maximum absolute atomic E-state index is 13.5. The fraction of sp³-hybridized carbons (Fsp3) is 0.0667. The Kier molecular flexibility index (Phi) is 4.43. The molecule has 1 aromatic carbocycles. The molecule has 0 radical (unpaired) electrons. The van der Waals surface area contributed by atoms with E-state index in [4.69, 9.17) is 5.73 Å². The Morgan fingerprint density at radius 2 is 2.25 bits per heavy atom. The van der Waals surface area contributed by atoms with Crippen LogP contribution in [0.25, 0.3) is 0 Å². The quantitative estimate of drug-likeness (QED) is 0.817. The van der Waals surface area contributed by atoms with Crippen LogP contribution >= 0.6 is 0 Å². The Labute approximate surface area is 115 Å². The van der Waals surface area contributed by atoms with Gasteiger partial charge in [-0.3, -0.25) is 9.78 Å². The van der Waals surface area contributed by atoms with Gasteiger partial charge in [-0.2, -0.15) is 0 Å². The highest BCUT2D eigenvalue weighted by Crippen LogP contribution is 2.15. The number of amides is 1. The van der Waals surface area contributed by atoms with E-state index >= 15 is 0 Å². The van der Waals surface area contributed by atoms with Crippen molar-refractivity contribution in [1.82, 2.24) is 4.98 Å².